The molecule has 1 aliphatic heterocycles. The Balaban J connectivity index is 2.12. The number of sulfone groups is 1. The maximum Gasteiger partial charge on any atom is 0.175 e. The van der Waals surface area contributed by atoms with Crippen LogP contribution in [0.4, 0.5) is 5.69 Å². The van der Waals surface area contributed by atoms with Gasteiger partial charge in [-0.2, -0.15) is 0 Å². The van der Waals surface area contributed by atoms with Gasteiger partial charge in [0, 0.05) is 24.5 Å². The molecule has 1 fully saturated rings. The molecule has 0 aromatic heterocycles. The standard InChI is InChI=1S/C12H18N2O2S/c1-14-7-6-11(9-14)13-10-4-3-5-12(8-10)17(2,15)16/h3-5,8,11,13H,6-7,9H2,1-2H3. The van der Waals surface area contributed by atoms with E-state index in [9.17, 15) is 8.42 Å². The number of hydrogen-bond acceptors (Lipinski definition) is 4. The van der Waals surface area contributed by atoms with Crippen molar-refractivity contribution >= 4 is 15.5 Å². The summed E-state index contributed by atoms with van der Waals surface area (Å²) in [5, 5.41) is 3.38. The lowest BCUT2D eigenvalue weighted by atomic mass is 10.2. The lowest BCUT2D eigenvalue weighted by Crippen LogP contribution is -2.23. The third-order valence-electron chi connectivity index (χ3n) is 3.02. The zero-order chi connectivity index (χ0) is 12.5. The summed E-state index contributed by atoms with van der Waals surface area (Å²) < 4.78 is 22.9. The average Bonchev–Trinajstić information content (AvgIpc) is 2.63. The van der Waals surface area contributed by atoms with Crippen molar-refractivity contribution in [3.63, 3.8) is 0 Å². The molecule has 94 valence electrons. The second-order valence-electron chi connectivity index (χ2n) is 4.69. The van der Waals surface area contributed by atoms with Crippen LogP contribution in [-0.4, -0.2) is 45.8 Å². The lowest BCUT2D eigenvalue weighted by molar-refractivity contribution is 0.414. The fraction of sp³-hybridized carbons (Fsp3) is 0.500. The van der Waals surface area contributed by atoms with E-state index in [1.807, 2.05) is 6.07 Å². The fourth-order valence-corrected chi connectivity index (χ4v) is 2.77. The van der Waals surface area contributed by atoms with E-state index in [0.717, 1.165) is 25.2 Å². The van der Waals surface area contributed by atoms with E-state index in [1.54, 1.807) is 18.2 Å². The number of anilines is 1. The molecular formula is C12H18N2O2S. The van der Waals surface area contributed by atoms with E-state index in [2.05, 4.69) is 17.3 Å². The number of nitrogens with zero attached hydrogens (tertiary/aromatic N) is 1. The Labute approximate surface area is 103 Å². The Morgan fingerprint density at radius 3 is 2.76 bits per heavy atom. The summed E-state index contributed by atoms with van der Waals surface area (Å²) in [6.07, 6.45) is 2.33. The monoisotopic (exact) mass is 254 g/mol. The van der Waals surface area contributed by atoms with Gasteiger partial charge in [-0.1, -0.05) is 6.07 Å². The molecule has 0 amide bonds. The van der Waals surface area contributed by atoms with Crippen LogP contribution in [0.1, 0.15) is 6.42 Å². The van der Waals surface area contributed by atoms with Gasteiger partial charge in [0.15, 0.2) is 9.84 Å². The van der Waals surface area contributed by atoms with E-state index >= 15 is 0 Å². The average molecular weight is 254 g/mol. The molecule has 1 heterocycles. The molecule has 2 rings (SSSR count). The number of likely N-dealkylation sites (N-methyl/N-ethyl adjacent to an activating group) is 1. The Morgan fingerprint density at radius 1 is 1.41 bits per heavy atom. The molecule has 0 aliphatic carbocycles. The minimum absolute atomic E-state index is 0.369. The highest BCUT2D eigenvalue weighted by molar-refractivity contribution is 7.90. The minimum atomic E-state index is -3.12. The fourth-order valence-electron chi connectivity index (χ4n) is 2.11. The van der Waals surface area contributed by atoms with Crippen molar-refractivity contribution in [1.29, 1.82) is 0 Å². The molecule has 0 radical (unpaired) electrons. The molecule has 0 bridgehead atoms. The summed E-state index contributed by atoms with van der Waals surface area (Å²) in [5.41, 5.74) is 0.883. The summed E-state index contributed by atoms with van der Waals surface area (Å²) in [7, 11) is -1.03. The van der Waals surface area contributed by atoms with Gasteiger partial charge in [0.2, 0.25) is 0 Å². The second kappa shape index (κ2) is 4.66. The van der Waals surface area contributed by atoms with Crippen molar-refractivity contribution in [3.05, 3.63) is 24.3 Å². The van der Waals surface area contributed by atoms with Gasteiger partial charge in [-0.15, -0.1) is 0 Å². The highest BCUT2D eigenvalue weighted by Crippen LogP contribution is 2.18. The van der Waals surface area contributed by atoms with Gasteiger partial charge in [-0.25, -0.2) is 8.42 Å². The Kier molecular flexibility index (Phi) is 3.40. The van der Waals surface area contributed by atoms with Gasteiger partial charge in [-0.3, -0.25) is 0 Å². The van der Waals surface area contributed by atoms with Gasteiger partial charge >= 0.3 is 0 Å². The summed E-state index contributed by atoms with van der Waals surface area (Å²) in [4.78, 5) is 2.63. The quantitative estimate of drug-likeness (QED) is 0.881. The number of benzene rings is 1. The summed E-state index contributed by atoms with van der Waals surface area (Å²) >= 11 is 0. The third kappa shape index (κ3) is 3.20. The molecule has 17 heavy (non-hydrogen) atoms. The van der Waals surface area contributed by atoms with Crippen molar-refractivity contribution in [3.8, 4) is 0 Å². The normalized spacial score (nSPS) is 21.6. The van der Waals surface area contributed by atoms with Crippen LogP contribution in [0.5, 0.6) is 0 Å². The van der Waals surface area contributed by atoms with Crippen LogP contribution in [0.25, 0.3) is 0 Å². The number of hydrogen-bond donors (Lipinski definition) is 1. The van der Waals surface area contributed by atoms with Crippen LogP contribution in [-0.2, 0) is 9.84 Å². The van der Waals surface area contributed by atoms with E-state index in [0.29, 0.717) is 10.9 Å². The smallest absolute Gasteiger partial charge is 0.175 e. The van der Waals surface area contributed by atoms with Crippen LogP contribution in [0.3, 0.4) is 0 Å². The van der Waals surface area contributed by atoms with Crippen molar-refractivity contribution < 1.29 is 8.42 Å². The van der Waals surface area contributed by atoms with Crippen LogP contribution >= 0.6 is 0 Å². The Morgan fingerprint density at radius 2 is 2.18 bits per heavy atom. The third-order valence-corrected chi connectivity index (χ3v) is 4.13. The van der Waals surface area contributed by atoms with E-state index in [-0.39, 0.29) is 0 Å². The van der Waals surface area contributed by atoms with Crippen LogP contribution in [0, 0.1) is 0 Å². The number of likely N-dealkylation sites (tertiary alicyclic amines) is 1. The highest BCUT2D eigenvalue weighted by Gasteiger charge is 2.19. The molecule has 1 aliphatic rings. The largest absolute Gasteiger partial charge is 0.381 e. The van der Waals surface area contributed by atoms with E-state index < -0.39 is 9.84 Å². The number of rotatable bonds is 3. The van der Waals surface area contributed by atoms with Crippen LogP contribution in [0.2, 0.25) is 0 Å². The van der Waals surface area contributed by atoms with Crippen molar-refractivity contribution in [2.45, 2.75) is 17.4 Å². The first-order valence-corrected chi connectivity index (χ1v) is 7.59. The molecule has 1 saturated heterocycles. The Hall–Kier alpha value is -1.07. The first-order chi connectivity index (χ1) is 7.95. The molecular weight excluding hydrogens is 236 g/mol. The number of nitrogens with one attached hydrogen (secondary N) is 1. The SMILES string of the molecule is CN1CCC(Nc2cccc(S(C)(=O)=O)c2)C1. The van der Waals surface area contributed by atoms with E-state index in [4.69, 9.17) is 0 Å². The molecule has 1 N–H and O–H groups in total. The lowest BCUT2D eigenvalue weighted by Gasteiger charge is -2.14. The van der Waals surface area contributed by atoms with Crippen molar-refractivity contribution in [1.82, 2.24) is 4.90 Å². The molecule has 1 atom stereocenters. The zero-order valence-electron chi connectivity index (χ0n) is 10.2. The first-order valence-electron chi connectivity index (χ1n) is 5.70. The van der Waals surface area contributed by atoms with Gasteiger partial charge in [-0.05, 0) is 38.2 Å². The summed E-state index contributed by atoms with van der Waals surface area (Å²) in [6, 6.07) is 7.43. The minimum Gasteiger partial charge on any atom is -0.381 e. The molecule has 4 nitrogen and oxygen atoms in total. The molecule has 1 aromatic carbocycles. The zero-order valence-corrected chi connectivity index (χ0v) is 11.0. The molecule has 0 saturated carbocycles. The van der Waals surface area contributed by atoms with Gasteiger partial charge < -0.3 is 10.2 Å². The Bertz CT molecular complexity index is 499. The summed E-state index contributed by atoms with van der Waals surface area (Å²) in [6.45, 7) is 2.09. The van der Waals surface area contributed by atoms with Gasteiger partial charge in [0.25, 0.3) is 0 Å². The van der Waals surface area contributed by atoms with Gasteiger partial charge in [0.1, 0.15) is 0 Å². The molecule has 1 unspecified atom stereocenters. The van der Waals surface area contributed by atoms with Gasteiger partial charge in [0.05, 0.1) is 4.90 Å². The predicted octanol–water partition coefficient (Wildman–Crippen LogP) is 1.21. The van der Waals surface area contributed by atoms with Crippen molar-refractivity contribution in [2.24, 2.45) is 0 Å². The maximum atomic E-state index is 11.4. The van der Waals surface area contributed by atoms with Crippen LogP contribution < -0.4 is 5.32 Å². The highest BCUT2D eigenvalue weighted by atomic mass is 32.2. The summed E-state index contributed by atoms with van der Waals surface area (Å²) in [5.74, 6) is 0. The topological polar surface area (TPSA) is 49.4 Å². The predicted molar refractivity (Wildman–Crippen MR) is 69.1 cm³/mol. The maximum absolute atomic E-state index is 11.4. The van der Waals surface area contributed by atoms with Crippen molar-refractivity contribution in [2.75, 3.05) is 31.7 Å². The van der Waals surface area contributed by atoms with Crippen LogP contribution in [0.15, 0.2) is 29.2 Å². The molecule has 5 heteroatoms. The second-order valence-corrected chi connectivity index (χ2v) is 6.71. The first kappa shape index (κ1) is 12.4. The molecule has 1 aromatic rings. The van der Waals surface area contributed by atoms with E-state index in [1.165, 1.54) is 6.26 Å². The molecule has 0 spiro atoms.